The molecule has 0 unspecified atom stereocenters. The molecule has 2 aliphatic rings. The fourth-order valence-corrected chi connectivity index (χ4v) is 5.80. The molecular formula is C22H24N4O2S2. The Balaban J connectivity index is 1.25. The van der Waals surface area contributed by atoms with E-state index in [0.717, 1.165) is 54.3 Å². The molecule has 3 aromatic heterocycles. The van der Waals surface area contributed by atoms with E-state index in [0.29, 0.717) is 19.6 Å². The number of carbonyl (C=O) groups excluding carboxylic acids is 1. The van der Waals surface area contributed by atoms with Crippen molar-refractivity contribution in [1.29, 1.82) is 0 Å². The molecule has 0 spiro atoms. The SMILES string of the molecule is O=C(c1cccs1)N1CCC(c2nc3c(c(=O)[nH]2)CN(Cc2cccs2)CC3)CC1. The highest BCUT2D eigenvalue weighted by atomic mass is 32.1. The minimum absolute atomic E-state index is 0.00275. The molecule has 2 aliphatic heterocycles. The van der Waals surface area contributed by atoms with E-state index in [9.17, 15) is 9.59 Å². The summed E-state index contributed by atoms with van der Waals surface area (Å²) in [5.74, 6) is 1.12. The number of H-pyrrole nitrogens is 1. The summed E-state index contributed by atoms with van der Waals surface area (Å²) in [7, 11) is 0. The Hall–Kier alpha value is -2.29. The Morgan fingerprint density at radius 3 is 2.67 bits per heavy atom. The molecule has 156 valence electrons. The molecule has 0 aromatic carbocycles. The van der Waals surface area contributed by atoms with Crippen molar-refractivity contribution in [2.24, 2.45) is 0 Å². The van der Waals surface area contributed by atoms with Crippen molar-refractivity contribution in [3.05, 3.63) is 72.2 Å². The van der Waals surface area contributed by atoms with Crippen LogP contribution in [0.15, 0.2) is 39.8 Å². The number of hydrogen-bond donors (Lipinski definition) is 1. The van der Waals surface area contributed by atoms with Crippen LogP contribution in [0.4, 0.5) is 0 Å². The molecule has 1 saturated heterocycles. The quantitative estimate of drug-likeness (QED) is 0.675. The maximum absolute atomic E-state index is 12.8. The van der Waals surface area contributed by atoms with Crippen LogP contribution in [0.2, 0.25) is 0 Å². The summed E-state index contributed by atoms with van der Waals surface area (Å²) in [6.07, 6.45) is 2.49. The topological polar surface area (TPSA) is 69.3 Å². The van der Waals surface area contributed by atoms with Crippen molar-refractivity contribution >= 4 is 28.6 Å². The zero-order chi connectivity index (χ0) is 20.5. The summed E-state index contributed by atoms with van der Waals surface area (Å²) in [6.45, 7) is 3.88. The number of likely N-dealkylation sites (tertiary alicyclic amines) is 1. The molecule has 3 aromatic rings. The predicted molar refractivity (Wildman–Crippen MR) is 119 cm³/mol. The van der Waals surface area contributed by atoms with E-state index in [1.807, 2.05) is 22.4 Å². The first-order valence-corrected chi connectivity index (χ1v) is 12.1. The lowest BCUT2D eigenvalue weighted by atomic mass is 9.95. The van der Waals surface area contributed by atoms with Crippen LogP contribution in [0, 0.1) is 0 Å². The van der Waals surface area contributed by atoms with E-state index in [4.69, 9.17) is 4.98 Å². The molecule has 0 aliphatic carbocycles. The fourth-order valence-electron chi connectivity index (χ4n) is 4.36. The second kappa shape index (κ2) is 8.45. The van der Waals surface area contributed by atoms with Gasteiger partial charge in [-0.3, -0.25) is 14.5 Å². The van der Waals surface area contributed by atoms with Crippen LogP contribution in [0.3, 0.4) is 0 Å². The minimum atomic E-state index is 0.00275. The third-order valence-corrected chi connectivity index (χ3v) is 7.75. The van der Waals surface area contributed by atoms with E-state index in [1.54, 1.807) is 11.3 Å². The zero-order valence-corrected chi connectivity index (χ0v) is 18.3. The van der Waals surface area contributed by atoms with Gasteiger partial charge in [-0.15, -0.1) is 22.7 Å². The molecule has 1 fully saturated rings. The van der Waals surface area contributed by atoms with Gasteiger partial charge in [-0.2, -0.15) is 0 Å². The molecule has 0 radical (unpaired) electrons. The Morgan fingerprint density at radius 1 is 1.13 bits per heavy atom. The maximum Gasteiger partial charge on any atom is 0.263 e. The number of piperidine rings is 1. The minimum Gasteiger partial charge on any atom is -0.338 e. The first-order valence-electron chi connectivity index (χ1n) is 10.4. The predicted octanol–water partition coefficient (Wildman–Crippen LogP) is 3.47. The molecule has 5 heterocycles. The summed E-state index contributed by atoms with van der Waals surface area (Å²) in [5, 5.41) is 4.02. The Labute approximate surface area is 183 Å². The van der Waals surface area contributed by atoms with Crippen LogP contribution in [0.5, 0.6) is 0 Å². The van der Waals surface area contributed by atoms with E-state index in [2.05, 4.69) is 27.4 Å². The van der Waals surface area contributed by atoms with Crippen LogP contribution in [-0.4, -0.2) is 45.3 Å². The van der Waals surface area contributed by atoms with E-state index < -0.39 is 0 Å². The van der Waals surface area contributed by atoms with Crippen LogP contribution >= 0.6 is 22.7 Å². The van der Waals surface area contributed by atoms with Gasteiger partial charge in [0.15, 0.2) is 0 Å². The Kier molecular flexibility index (Phi) is 5.54. The molecular weight excluding hydrogens is 416 g/mol. The van der Waals surface area contributed by atoms with E-state index >= 15 is 0 Å². The molecule has 8 heteroatoms. The lowest BCUT2D eigenvalue weighted by molar-refractivity contribution is 0.0716. The van der Waals surface area contributed by atoms with Crippen molar-refractivity contribution in [2.75, 3.05) is 19.6 Å². The highest BCUT2D eigenvalue weighted by Crippen LogP contribution is 2.28. The summed E-state index contributed by atoms with van der Waals surface area (Å²) in [6, 6.07) is 8.00. The van der Waals surface area contributed by atoms with Gasteiger partial charge in [-0.05, 0) is 35.7 Å². The number of nitrogens with zero attached hydrogens (tertiary/aromatic N) is 3. The molecule has 1 N–H and O–H groups in total. The number of aromatic amines is 1. The maximum atomic E-state index is 12.8. The van der Waals surface area contributed by atoms with E-state index in [-0.39, 0.29) is 17.4 Å². The Bertz CT molecular complexity index is 1070. The lowest BCUT2D eigenvalue weighted by Gasteiger charge is -2.32. The van der Waals surface area contributed by atoms with Crippen molar-refractivity contribution in [3.8, 4) is 0 Å². The van der Waals surface area contributed by atoms with Gasteiger partial charge in [0.1, 0.15) is 5.82 Å². The molecule has 0 bridgehead atoms. The number of amides is 1. The normalized spacial score (nSPS) is 17.8. The van der Waals surface area contributed by atoms with Gasteiger partial charge >= 0.3 is 0 Å². The summed E-state index contributed by atoms with van der Waals surface area (Å²) < 4.78 is 0. The summed E-state index contributed by atoms with van der Waals surface area (Å²) in [5.41, 5.74) is 1.77. The van der Waals surface area contributed by atoms with Crippen LogP contribution in [-0.2, 0) is 19.5 Å². The lowest BCUT2D eigenvalue weighted by Crippen LogP contribution is -2.39. The van der Waals surface area contributed by atoms with Gasteiger partial charge in [-0.1, -0.05) is 12.1 Å². The molecule has 30 heavy (non-hydrogen) atoms. The van der Waals surface area contributed by atoms with E-state index in [1.165, 1.54) is 16.2 Å². The monoisotopic (exact) mass is 440 g/mol. The van der Waals surface area contributed by atoms with Crippen LogP contribution in [0.1, 0.15) is 50.4 Å². The Morgan fingerprint density at radius 2 is 1.93 bits per heavy atom. The number of thiophene rings is 2. The first-order chi connectivity index (χ1) is 14.7. The van der Waals surface area contributed by atoms with Crippen LogP contribution < -0.4 is 5.56 Å². The second-order valence-electron chi connectivity index (χ2n) is 7.96. The summed E-state index contributed by atoms with van der Waals surface area (Å²) >= 11 is 3.24. The molecule has 0 saturated carbocycles. The number of nitrogens with one attached hydrogen (secondary N) is 1. The molecule has 6 nitrogen and oxygen atoms in total. The van der Waals surface area contributed by atoms with Crippen molar-refractivity contribution in [1.82, 2.24) is 19.8 Å². The highest BCUT2D eigenvalue weighted by molar-refractivity contribution is 7.12. The van der Waals surface area contributed by atoms with Gasteiger partial charge < -0.3 is 9.88 Å². The van der Waals surface area contributed by atoms with Gasteiger partial charge in [-0.25, -0.2) is 4.98 Å². The number of rotatable bonds is 4. The van der Waals surface area contributed by atoms with Crippen LogP contribution in [0.25, 0.3) is 0 Å². The number of carbonyl (C=O) groups is 1. The van der Waals surface area contributed by atoms with Crippen molar-refractivity contribution in [3.63, 3.8) is 0 Å². The first kappa shape index (κ1) is 19.7. The third kappa shape index (κ3) is 3.99. The molecule has 0 atom stereocenters. The van der Waals surface area contributed by atoms with Gasteiger partial charge in [0, 0.05) is 49.9 Å². The zero-order valence-electron chi connectivity index (χ0n) is 16.7. The smallest absolute Gasteiger partial charge is 0.263 e. The standard InChI is InChI=1S/C22H24N4O2S2/c27-21-17-14-25(13-16-3-1-11-29-16)8-7-18(17)23-20(24-21)15-5-9-26(10-6-15)22(28)19-4-2-12-30-19/h1-4,11-12,15H,5-10,13-14H2,(H,23,24,27). The fraction of sp³-hybridized carbons (Fsp3) is 0.409. The summed E-state index contributed by atoms with van der Waals surface area (Å²) in [4.78, 5) is 39.7. The number of hydrogen-bond acceptors (Lipinski definition) is 6. The van der Waals surface area contributed by atoms with Gasteiger partial charge in [0.25, 0.3) is 11.5 Å². The number of aromatic nitrogens is 2. The molecule has 1 amide bonds. The van der Waals surface area contributed by atoms with Gasteiger partial charge in [0.05, 0.1) is 16.1 Å². The average molecular weight is 441 g/mol. The van der Waals surface area contributed by atoms with Gasteiger partial charge in [0.2, 0.25) is 0 Å². The number of fused-ring (bicyclic) bond motifs is 1. The van der Waals surface area contributed by atoms with Crippen molar-refractivity contribution in [2.45, 2.75) is 38.3 Å². The largest absolute Gasteiger partial charge is 0.338 e. The second-order valence-corrected chi connectivity index (χ2v) is 9.94. The average Bonchev–Trinajstić information content (AvgIpc) is 3.48. The third-order valence-electron chi connectivity index (χ3n) is 6.03. The molecule has 5 rings (SSSR count). The highest BCUT2D eigenvalue weighted by Gasteiger charge is 2.28. The van der Waals surface area contributed by atoms with Crippen molar-refractivity contribution < 1.29 is 4.79 Å².